The third kappa shape index (κ3) is 10.1. The van der Waals surface area contributed by atoms with Crippen molar-refractivity contribution in [1.82, 2.24) is 0 Å². The molecule has 8 heteroatoms. The molecule has 0 aromatic heterocycles. The van der Waals surface area contributed by atoms with Gasteiger partial charge in [-0.3, -0.25) is 0 Å². The summed E-state index contributed by atoms with van der Waals surface area (Å²) in [5.41, 5.74) is 0.485. The number of ether oxygens (including phenoxy) is 4. The summed E-state index contributed by atoms with van der Waals surface area (Å²) in [6.07, 6.45) is 3.29. The highest BCUT2D eigenvalue weighted by Gasteiger charge is 2.40. The van der Waals surface area contributed by atoms with Gasteiger partial charge in [0.25, 0.3) is 0 Å². The van der Waals surface area contributed by atoms with Crippen LogP contribution < -0.4 is 0 Å². The standard InChI is InChI=1S/C26H40O7Si/c1-7-29-23(27)16-12-11-13-18(2)30-25-22(32-24(28)20-14-9-8-10-15-20)17-21(19(3)31-25)33-34-26(4,5)6/h8-10,12,14-16,18-19,21-22,25H,7,11,13,17,34H2,1-6H3/b16-12+/t18-,19+,21-,22-,25-/m1/s1. The minimum atomic E-state index is -0.798. The maximum atomic E-state index is 12.8. The van der Waals surface area contributed by atoms with Crippen molar-refractivity contribution in [2.45, 2.75) is 96.5 Å². The summed E-state index contributed by atoms with van der Waals surface area (Å²) in [7, 11) is -0.798. The molecule has 0 bridgehead atoms. The number of hydrogen-bond donors (Lipinski definition) is 0. The van der Waals surface area contributed by atoms with Crippen molar-refractivity contribution >= 4 is 21.7 Å². The van der Waals surface area contributed by atoms with E-state index in [1.165, 1.54) is 6.08 Å². The first-order chi connectivity index (χ1) is 16.1. The molecule has 1 aliphatic heterocycles. The molecule has 0 aliphatic carbocycles. The van der Waals surface area contributed by atoms with Gasteiger partial charge in [0.2, 0.25) is 0 Å². The molecule has 1 fully saturated rings. The molecule has 1 aromatic rings. The fraction of sp³-hybridized carbons (Fsp3) is 0.615. The number of allylic oxidation sites excluding steroid dienone is 1. The lowest BCUT2D eigenvalue weighted by Gasteiger charge is -2.41. The molecule has 0 radical (unpaired) electrons. The van der Waals surface area contributed by atoms with E-state index < -0.39 is 28.1 Å². The Balaban J connectivity index is 2.01. The fourth-order valence-corrected chi connectivity index (χ4v) is 4.60. The van der Waals surface area contributed by atoms with Gasteiger partial charge in [0.15, 0.2) is 22.2 Å². The maximum Gasteiger partial charge on any atom is 0.338 e. The van der Waals surface area contributed by atoms with Crippen LogP contribution >= 0.6 is 0 Å². The van der Waals surface area contributed by atoms with E-state index in [1.54, 1.807) is 37.3 Å². The first-order valence-electron chi connectivity index (χ1n) is 12.1. The van der Waals surface area contributed by atoms with Crippen LogP contribution in [0.5, 0.6) is 0 Å². The smallest absolute Gasteiger partial charge is 0.338 e. The van der Waals surface area contributed by atoms with Gasteiger partial charge < -0.3 is 23.4 Å². The molecular formula is C26H40O7Si. The summed E-state index contributed by atoms with van der Waals surface area (Å²) in [5, 5.41) is 0.148. The largest absolute Gasteiger partial charge is 0.463 e. The molecular weight excluding hydrogens is 452 g/mol. The second-order valence-electron chi connectivity index (χ2n) is 9.84. The zero-order valence-corrected chi connectivity index (χ0v) is 22.7. The summed E-state index contributed by atoms with van der Waals surface area (Å²) >= 11 is 0. The van der Waals surface area contributed by atoms with Gasteiger partial charge in [-0.25, -0.2) is 9.59 Å². The van der Waals surface area contributed by atoms with Gasteiger partial charge in [-0.05, 0) is 50.8 Å². The molecule has 0 saturated carbocycles. The lowest BCUT2D eigenvalue weighted by atomic mass is 10.0. The predicted molar refractivity (Wildman–Crippen MR) is 133 cm³/mol. The number of carbonyl (C=O) groups is 2. The molecule has 1 aliphatic rings. The van der Waals surface area contributed by atoms with Crippen LogP contribution in [-0.2, 0) is 28.2 Å². The Bertz CT molecular complexity index is 790. The summed E-state index contributed by atoms with van der Waals surface area (Å²) < 4.78 is 29.3. The highest BCUT2D eigenvalue weighted by molar-refractivity contribution is 6.31. The van der Waals surface area contributed by atoms with Crippen LogP contribution in [0.4, 0.5) is 0 Å². The van der Waals surface area contributed by atoms with Gasteiger partial charge in [-0.2, -0.15) is 0 Å². The molecule has 34 heavy (non-hydrogen) atoms. The van der Waals surface area contributed by atoms with Crippen molar-refractivity contribution in [1.29, 1.82) is 0 Å². The highest BCUT2D eigenvalue weighted by Crippen LogP contribution is 2.30. The van der Waals surface area contributed by atoms with Crippen molar-refractivity contribution in [3.63, 3.8) is 0 Å². The Kier molecular flexibility index (Phi) is 11.4. The summed E-state index contributed by atoms with van der Waals surface area (Å²) in [5.74, 6) is -0.757. The quantitative estimate of drug-likeness (QED) is 0.258. The molecule has 0 unspecified atom stereocenters. The molecule has 0 amide bonds. The third-order valence-corrected chi connectivity index (χ3v) is 6.75. The Morgan fingerprint density at radius 2 is 1.91 bits per heavy atom. The molecule has 5 atom stereocenters. The minimum Gasteiger partial charge on any atom is -0.463 e. The number of carbonyl (C=O) groups excluding carboxylic acids is 2. The van der Waals surface area contributed by atoms with Crippen LogP contribution in [0.3, 0.4) is 0 Å². The second kappa shape index (κ2) is 13.8. The summed E-state index contributed by atoms with van der Waals surface area (Å²) in [6, 6.07) is 8.91. The Morgan fingerprint density at radius 3 is 2.56 bits per heavy atom. The second-order valence-corrected chi connectivity index (χ2v) is 12.6. The van der Waals surface area contributed by atoms with E-state index in [0.29, 0.717) is 31.4 Å². The van der Waals surface area contributed by atoms with Gasteiger partial charge in [0.05, 0.1) is 30.5 Å². The average molecular weight is 493 g/mol. The molecule has 0 spiro atoms. The molecule has 7 nitrogen and oxygen atoms in total. The van der Waals surface area contributed by atoms with E-state index >= 15 is 0 Å². The minimum absolute atomic E-state index is 0.148. The fourth-order valence-electron chi connectivity index (χ4n) is 3.48. The van der Waals surface area contributed by atoms with Crippen molar-refractivity contribution in [3.05, 3.63) is 48.0 Å². The topological polar surface area (TPSA) is 80.3 Å². The van der Waals surface area contributed by atoms with Crippen molar-refractivity contribution in [3.8, 4) is 0 Å². The Morgan fingerprint density at radius 1 is 1.21 bits per heavy atom. The van der Waals surface area contributed by atoms with Crippen LogP contribution in [0.25, 0.3) is 0 Å². The summed E-state index contributed by atoms with van der Waals surface area (Å²) in [6.45, 7) is 12.6. The maximum absolute atomic E-state index is 12.8. The molecule has 2 rings (SSSR count). The van der Waals surface area contributed by atoms with Crippen LogP contribution in [0.1, 0.15) is 71.2 Å². The lowest BCUT2D eigenvalue weighted by molar-refractivity contribution is -0.270. The van der Waals surface area contributed by atoms with Gasteiger partial charge in [0.1, 0.15) is 0 Å². The molecule has 1 heterocycles. The number of rotatable bonds is 11. The normalized spacial score (nSPS) is 24.4. The van der Waals surface area contributed by atoms with Crippen molar-refractivity contribution in [2.24, 2.45) is 0 Å². The van der Waals surface area contributed by atoms with E-state index in [9.17, 15) is 9.59 Å². The van der Waals surface area contributed by atoms with Crippen LogP contribution in [0.15, 0.2) is 42.5 Å². The van der Waals surface area contributed by atoms with E-state index in [4.69, 9.17) is 23.4 Å². The number of esters is 2. The Hall–Kier alpha value is -2.00. The number of hydrogen-bond acceptors (Lipinski definition) is 7. The van der Waals surface area contributed by atoms with Gasteiger partial charge in [-0.15, -0.1) is 0 Å². The zero-order valence-electron chi connectivity index (χ0n) is 21.3. The molecule has 1 saturated heterocycles. The molecule has 1 aromatic carbocycles. The number of benzene rings is 1. The monoisotopic (exact) mass is 492 g/mol. The van der Waals surface area contributed by atoms with E-state index in [0.717, 1.165) is 0 Å². The Labute approximate surface area is 206 Å². The van der Waals surface area contributed by atoms with Crippen molar-refractivity contribution in [2.75, 3.05) is 6.61 Å². The zero-order chi connectivity index (χ0) is 25.1. The molecule has 190 valence electrons. The third-order valence-electron chi connectivity index (χ3n) is 5.29. The van der Waals surface area contributed by atoms with E-state index in [1.807, 2.05) is 19.9 Å². The van der Waals surface area contributed by atoms with E-state index in [-0.39, 0.29) is 29.3 Å². The van der Waals surface area contributed by atoms with Crippen molar-refractivity contribution < 1.29 is 33.0 Å². The first-order valence-corrected chi connectivity index (χ1v) is 13.4. The lowest BCUT2D eigenvalue weighted by Crippen LogP contribution is -2.51. The summed E-state index contributed by atoms with van der Waals surface area (Å²) in [4.78, 5) is 24.2. The van der Waals surface area contributed by atoms with Crippen LogP contribution in [0.2, 0.25) is 5.04 Å². The predicted octanol–water partition coefficient (Wildman–Crippen LogP) is 4.34. The SMILES string of the molecule is CCOC(=O)/C=C/CC[C@@H](C)O[C@@H]1O[C@@H](C)[C@H](O[SiH2]C(C)(C)C)C[C@H]1OC(=O)c1ccccc1. The molecule has 0 N–H and O–H groups in total. The van der Waals surface area contributed by atoms with Gasteiger partial charge in [0, 0.05) is 12.5 Å². The van der Waals surface area contributed by atoms with Crippen LogP contribution in [-0.4, -0.2) is 59.0 Å². The first kappa shape index (κ1) is 28.2. The van der Waals surface area contributed by atoms with Gasteiger partial charge in [-0.1, -0.05) is 45.0 Å². The van der Waals surface area contributed by atoms with Gasteiger partial charge >= 0.3 is 11.9 Å². The van der Waals surface area contributed by atoms with Crippen LogP contribution in [0, 0.1) is 0 Å². The highest BCUT2D eigenvalue weighted by atomic mass is 28.2. The van der Waals surface area contributed by atoms with E-state index in [2.05, 4.69) is 20.8 Å². The average Bonchev–Trinajstić information content (AvgIpc) is 2.77.